The lowest BCUT2D eigenvalue weighted by molar-refractivity contribution is -0.148. The predicted molar refractivity (Wildman–Crippen MR) is 109 cm³/mol. The Balaban J connectivity index is 1.88. The average molecular weight is 517 g/mol. The van der Waals surface area contributed by atoms with Crippen LogP contribution < -0.4 is 11.2 Å². The van der Waals surface area contributed by atoms with Crippen molar-refractivity contribution in [2.75, 3.05) is 13.7 Å². The van der Waals surface area contributed by atoms with Gasteiger partial charge in [0.1, 0.15) is 25.0 Å². The van der Waals surface area contributed by atoms with Crippen molar-refractivity contribution in [1.29, 1.82) is 0 Å². The number of nitrogens with zero attached hydrogens (tertiary/aromatic N) is 3. The molecule has 1 aromatic rings. The van der Waals surface area contributed by atoms with E-state index in [1.807, 2.05) is 25.4 Å². The van der Waals surface area contributed by atoms with Gasteiger partial charge in [-0.1, -0.05) is 6.08 Å². The molecule has 3 heterocycles. The van der Waals surface area contributed by atoms with Crippen LogP contribution in [-0.4, -0.2) is 52.3 Å². The first kappa shape index (κ1) is 21.3. The smallest absolute Gasteiger partial charge is 0.339 e. The molecule has 0 aromatic carbocycles. The monoisotopic (exact) mass is 517 g/mol. The molecule has 1 aromatic heterocycles. The van der Waals surface area contributed by atoms with Gasteiger partial charge in [-0.05, 0) is 35.1 Å². The zero-order valence-electron chi connectivity index (χ0n) is 15.8. The second kappa shape index (κ2) is 8.95. The van der Waals surface area contributed by atoms with Crippen LogP contribution in [0.25, 0.3) is 0 Å². The van der Waals surface area contributed by atoms with Gasteiger partial charge in [-0.3, -0.25) is 19.0 Å². The van der Waals surface area contributed by atoms with Crippen LogP contribution in [0, 0.1) is 3.57 Å². The molecule has 10 nitrogen and oxygen atoms in total. The number of hydrogen-bond acceptors (Lipinski definition) is 8. The van der Waals surface area contributed by atoms with Gasteiger partial charge in [-0.2, -0.15) is 4.57 Å². The molecular weight excluding hydrogens is 497 g/mol. The Bertz CT molecular complexity index is 981. The van der Waals surface area contributed by atoms with E-state index >= 15 is 0 Å². The number of esters is 1. The van der Waals surface area contributed by atoms with Gasteiger partial charge in [0.2, 0.25) is 6.41 Å². The Morgan fingerprint density at radius 1 is 1.41 bits per heavy atom. The maximum atomic E-state index is 12.5. The molecule has 3 atom stereocenters. The van der Waals surface area contributed by atoms with Crippen molar-refractivity contribution >= 4 is 35.0 Å². The van der Waals surface area contributed by atoms with Crippen molar-refractivity contribution in [3.05, 3.63) is 54.8 Å². The fourth-order valence-corrected chi connectivity index (χ4v) is 3.65. The molecule has 0 N–H and O–H groups in total. The van der Waals surface area contributed by atoms with Gasteiger partial charge in [0.15, 0.2) is 5.88 Å². The lowest BCUT2D eigenvalue weighted by atomic mass is 10.2. The summed E-state index contributed by atoms with van der Waals surface area (Å²) in [4.78, 5) is 48.7. The molecule has 2 aliphatic heterocycles. The predicted octanol–water partition coefficient (Wildman–Crippen LogP) is 0.579. The summed E-state index contributed by atoms with van der Waals surface area (Å²) in [6.07, 6.45) is 6.30. The molecule has 0 amide bonds. The first-order chi connectivity index (χ1) is 13.8. The summed E-state index contributed by atoms with van der Waals surface area (Å²) >= 11 is 1.75. The number of ether oxygens (including phenoxy) is 3. The van der Waals surface area contributed by atoms with E-state index in [1.54, 1.807) is 27.5 Å². The number of rotatable bonds is 6. The third-order valence-corrected chi connectivity index (χ3v) is 5.27. The standard InChI is InChI=1S/C18H20IN3O7/c1-11(24)27-9-14-13(28-15-5-3-4-6-20(15)2)7-16(29-14)21-8-12(19)17(25)22(10-23)18(21)26/h4-6,8,10,13-14,16H,3,7,9H2,1-2H3/t13-,14+,16+/m0/s1. The van der Waals surface area contributed by atoms with Crippen molar-refractivity contribution in [1.82, 2.24) is 14.0 Å². The summed E-state index contributed by atoms with van der Waals surface area (Å²) in [5, 5.41) is 0. The Hall–Kier alpha value is -2.41. The van der Waals surface area contributed by atoms with Crippen LogP contribution in [0.1, 0.15) is 26.0 Å². The number of hydrogen-bond donors (Lipinski definition) is 0. The summed E-state index contributed by atoms with van der Waals surface area (Å²) in [7, 11) is 1.84. The first-order valence-electron chi connectivity index (χ1n) is 8.85. The van der Waals surface area contributed by atoms with Crippen molar-refractivity contribution in [3.8, 4) is 0 Å². The van der Waals surface area contributed by atoms with Crippen molar-refractivity contribution < 1.29 is 23.8 Å². The minimum Gasteiger partial charge on any atom is -0.473 e. The van der Waals surface area contributed by atoms with Gasteiger partial charge in [0.25, 0.3) is 5.56 Å². The quantitative estimate of drug-likeness (QED) is 0.307. The van der Waals surface area contributed by atoms with Gasteiger partial charge in [0.05, 0.1) is 3.57 Å². The Morgan fingerprint density at radius 2 is 2.17 bits per heavy atom. The van der Waals surface area contributed by atoms with Crippen LogP contribution in [0.2, 0.25) is 0 Å². The van der Waals surface area contributed by atoms with E-state index in [2.05, 4.69) is 0 Å². The topological polar surface area (TPSA) is 109 Å². The summed E-state index contributed by atoms with van der Waals surface area (Å²) in [6, 6.07) is 0. The lowest BCUT2D eigenvalue weighted by Gasteiger charge is -2.26. The van der Waals surface area contributed by atoms with E-state index in [9.17, 15) is 19.2 Å². The molecule has 0 unspecified atom stereocenters. The molecule has 0 spiro atoms. The van der Waals surface area contributed by atoms with E-state index in [-0.39, 0.29) is 23.0 Å². The minimum absolute atomic E-state index is 0.0531. The first-order valence-corrected chi connectivity index (χ1v) is 9.93. The summed E-state index contributed by atoms with van der Waals surface area (Å²) in [5.74, 6) is 0.156. The van der Waals surface area contributed by atoms with E-state index in [0.717, 1.165) is 0 Å². The molecular formula is C18H20IN3O7. The van der Waals surface area contributed by atoms with Gasteiger partial charge >= 0.3 is 11.7 Å². The van der Waals surface area contributed by atoms with Crippen LogP contribution in [0.15, 0.2) is 40.0 Å². The van der Waals surface area contributed by atoms with Crippen molar-refractivity contribution in [2.45, 2.75) is 38.2 Å². The van der Waals surface area contributed by atoms with Gasteiger partial charge in [0, 0.05) is 32.8 Å². The number of carbonyl (C=O) groups excluding carboxylic acids is 2. The lowest BCUT2D eigenvalue weighted by Crippen LogP contribution is -2.42. The zero-order valence-corrected chi connectivity index (χ0v) is 18.0. The highest BCUT2D eigenvalue weighted by Gasteiger charge is 2.40. The Labute approximate surface area is 179 Å². The molecule has 0 bridgehead atoms. The van der Waals surface area contributed by atoms with Crippen LogP contribution in [0.5, 0.6) is 0 Å². The fourth-order valence-electron chi connectivity index (χ4n) is 3.09. The summed E-state index contributed by atoms with van der Waals surface area (Å²) < 4.78 is 18.9. The average Bonchev–Trinajstić information content (AvgIpc) is 3.08. The third-order valence-electron chi connectivity index (χ3n) is 4.53. The molecule has 2 aliphatic rings. The highest BCUT2D eigenvalue weighted by atomic mass is 127. The van der Waals surface area contributed by atoms with Crippen molar-refractivity contribution in [2.24, 2.45) is 0 Å². The number of aromatic nitrogens is 2. The molecule has 0 radical (unpaired) electrons. The zero-order chi connectivity index (χ0) is 21.1. The molecule has 156 valence electrons. The Morgan fingerprint density at radius 3 is 2.83 bits per heavy atom. The molecule has 0 saturated carbocycles. The van der Waals surface area contributed by atoms with E-state index < -0.39 is 35.7 Å². The second-order valence-corrected chi connectivity index (χ2v) is 7.71. The highest BCUT2D eigenvalue weighted by Crippen LogP contribution is 2.32. The van der Waals surface area contributed by atoms with Crippen LogP contribution in [0.4, 0.5) is 0 Å². The number of allylic oxidation sites excluding steroid dienone is 2. The number of carbonyl (C=O) groups is 2. The SMILES string of the molecule is CC(=O)OC[C@H]1O[C@@H](n2cc(I)c(=O)n(C=O)c2=O)C[C@@H]1OC1=CCC=CN1C. The van der Waals surface area contributed by atoms with Gasteiger partial charge < -0.3 is 19.1 Å². The van der Waals surface area contributed by atoms with E-state index in [1.165, 1.54) is 17.7 Å². The highest BCUT2D eigenvalue weighted by molar-refractivity contribution is 14.1. The molecule has 0 aliphatic carbocycles. The molecule has 3 rings (SSSR count). The minimum atomic E-state index is -0.806. The van der Waals surface area contributed by atoms with Crippen LogP contribution in [-0.2, 0) is 23.8 Å². The van der Waals surface area contributed by atoms with Crippen LogP contribution >= 0.6 is 22.6 Å². The number of halogens is 1. The summed E-state index contributed by atoms with van der Waals surface area (Å²) in [6.45, 7) is 1.24. The van der Waals surface area contributed by atoms with Gasteiger partial charge in [-0.15, -0.1) is 0 Å². The van der Waals surface area contributed by atoms with Crippen molar-refractivity contribution in [3.63, 3.8) is 0 Å². The second-order valence-electron chi connectivity index (χ2n) is 6.54. The van der Waals surface area contributed by atoms with E-state index in [0.29, 0.717) is 16.9 Å². The summed E-state index contributed by atoms with van der Waals surface area (Å²) in [5.41, 5.74) is -1.50. The third kappa shape index (κ3) is 4.61. The Kier molecular flexibility index (Phi) is 6.57. The largest absolute Gasteiger partial charge is 0.473 e. The molecule has 11 heteroatoms. The maximum Gasteiger partial charge on any atom is 0.339 e. The molecule has 1 saturated heterocycles. The molecule has 29 heavy (non-hydrogen) atoms. The van der Waals surface area contributed by atoms with Gasteiger partial charge in [-0.25, -0.2) is 4.79 Å². The van der Waals surface area contributed by atoms with E-state index in [4.69, 9.17) is 14.2 Å². The maximum absolute atomic E-state index is 12.5. The fraction of sp³-hybridized carbons (Fsp3) is 0.444. The van der Waals surface area contributed by atoms with Crippen LogP contribution in [0.3, 0.4) is 0 Å². The normalized spacial score (nSPS) is 23.6. The molecule has 1 fully saturated rings.